The number of hydrogen-bond acceptors (Lipinski definition) is 6. The highest BCUT2D eigenvalue weighted by atomic mass is 16.7. The van der Waals surface area contributed by atoms with Crippen LogP contribution in [0.5, 0.6) is 28.7 Å². The third kappa shape index (κ3) is 3.66. The van der Waals surface area contributed by atoms with Crippen LogP contribution in [-0.2, 0) is 4.79 Å². The highest BCUT2D eigenvalue weighted by molar-refractivity contribution is 6.02. The Bertz CT molecular complexity index is 821. The van der Waals surface area contributed by atoms with E-state index in [0.717, 1.165) is 5.56 Å². The summed E-state index contributed by atoms with van der Waals surface area (Å²) < 4.78 is 26.4. The van der Waals surface area contributed by atoms with Crippen LogP contribution in [0.1, 0.15) is 5.56 Å². The van der Waals surface area contributed by atoms with E-state index in [0.29, 0.717) is 34.4 Å². The summed E-state index contributed by atoms with van der Waals surface area (Å²) in [6.45, 7) is 0.188. The van der Waals surface area contributed by atoms with Crippen molar-refractivity contribution in [2.75, 3.05) is 33.4 Å². The molecule has 1 aliphatic rings. The van der Waals surface area contributed by atoms with Gasteiger partial charge in [0.05, 0.1) is 21.3 Å². The SMILES string of the molecule is COc1cc(/C=C/C(=O)Nc2ccc3c(c2)OCO3)cc(OC)c1OC. The third-order valence-corrected chi connectivity index (χ3v) is 3.75. The van der Waals surface area contributed by atoms with E-state index in [1.807, 2.05) is 0 Å². The molecule has 0 spiro atoms. The van der Waals surface area contributed by atoms with Gasteiger partial charge in [-0.05, 0) is 35.9 Å². The predicted octanol–water partition coefficient (Wildman–Crippen LogP) is 3.09. The minimum Gasteiger partial charge on any atom is -0.493 e. The molecule has 1 heterocycles. The lowest BCUT2D eigenvalue weighted by Crippen LogP contribution is -2.07. The third-order valence-electron chi connectivity index (χ3n) is 3.75. The van der Waals surface area contributed by atoms with Crippen LogP contribution in [0.25, 0.3) is 6.08 Å². The van der Waals surface area contributed by atoms with Crippen molar-refractivity contribution < 1.29 is 28.5 Å². The molecule has 1 amide bonds. The van der Waals surface area contributed by atoms with Crippen LogP contribution >= 0.6 is 0 Å². The Morgan fingerprint density at radius 1 is 1.00 bits per heavy atom. The van der Waals surface area contributed by atoms with Crippen molar-refractivity contribution in [3.63, 3.8) is 0 Å². The number of amides is 1. The molecule has 0 aliphatic carbocycles. The van der Waals surface area contributed by atoms with Crippen LogP contribution in [0.4, 0.5) is 5.69 Å². The molecule has 3 rings (SSSR count). The molecule has 0 bridgehead atoms. The second-order valence-corrected chi connectivity index (χ2v) is 5.35. The summed E-state index contributed by atoms with van der Waals surface area (Å²) in [7, 11) is 4.61. The van der Waals surface area contributed by atoms with Crippen LogP contribution in [-0.4, -0.2) is 34.0 Å². The maximum atomic E-state index is 12.2. The Labute approximate surface area is 151 Å². The molecule has 26 heavy (non-hydrogen) atoms. The topological polar surface area (TPSA) is 75.3 Å². The monoisotopic (exact) mass is 357 g/mol. The molecule has 7 nitrogen and oxygen atoms in total. The number of rotatable bonds is 6. The minimum absolute atomic E-state index is 0.188. The molecular formula is C19H19NO6. The van der Waals surface area contributed by atoms with Gasteiger partial charge in [0.2, 0.25) is 18.4 Å². The molecule has 0 unspecified atom stereocenters. The summed E-state index contributed by atoms with van der Waals surface area (Å²) in [6.07, 6.45) is 3.08. The zero-order valence-corrected chi connectivity index (χ0v) is 14.7. The summed E-state index contributed by atoms with van der Waals surface area (Å²) in [4.78, 5) is 12.2. The van der Waals surface area contributed by atoms with E-state index >= 15 is 0 Å². The number of benzene rings is 2. The summed E-state index contributed by atoms with van der Waals surface area (Å²) in [5, 5.41) is 2.77. The first-order chi connectivity index (χ1) is 12.6. The van der Waals surface area contributed by atoms with E-state index < -0.39 is 0 Å². The van der Waals surface area contributed by atoms with E-state index in [-0.39, 0.29) is 12.7 Å². The normalized spacial score (nSPS) is 12.1. The van der Waals surface area contributed by atoms with Crippen molar-refractivity contribution in [1.29, 1.82) is 0 Å². The van der Waals surface area contributed by atoms with Gasteiger partial charge in [0, 0.05) is 17.8 Å². The molecule has 0 aromatic heterocycles. The summed E-state index contributed by atoms with van der Waals surface area (Å²) in [5.74, 6) is 2.52. The van der Waals surface area contributed by atoms with Crippen molar-refractivity contribution >= 4 is 17.7 Å². The number of fused-ring (bicyclic) bond motifs is 1. The average Bonchev–Trinajstić information content (AvgIpc) is 3.13. The first kappa shape index (κ1) is 17.5. The van der Waals surface area contributed by atoms with E-state index in [1.165, 1.54) is 27.4 Å². The number of carbonyl (C=O) groups excluding carboxylic acids is 1. The van der Waals surface area contributed by atoms with Gasteiger partial charge in [-0.15, -0.1) is 0 Å². The second-order valence-electron chi connectivity index (χ2n) is 5.35. The maximum absolute atomic E-state index is 12.2. The summed E-state index contributed by atoms with van der Waals surface area (Å²) in [5.41, 5.74) is 1.36. The molecule has 1 N–H and O–H groups in total. The van der Waals surface area contributed by atoms with Crippen molar-refractivity contribution in [2.45, 2.75) is 0 Å². The highest BCUT2D eigenvalue weighted by Crippen LogP contribution is 2.38. The minimum atomic E-state index is -0.280. The molecule has 1 aliphatic heterocycles. The van der Waals surface area contributed by atoms with Gasteiger partial charge in [0.15, 0.2) is 23.0 Å². The van der Waals surface area contributed by atoms with Crippen molar-refractivity contribution in [3.8, 4) is 28.7 Å². The van der Waals surface area contributed by atoms with Gasteiger partial charge in [-0.2, -0.15) is 0 Å². The molecule has 136 valence electrons. The molecule has 0 saturated heterocycles. The van der Waals surface area contributed by atoms with Crippen molar-refractivity contribution in [3.05, 3.63) is 42.0 Å². The Morgan fingerprint density at radius 3 is 2.35 bits per heavy atom. The fourth-order valence-electron chi connectivity index (χ4n) is 2.53. The highest BCUT2D eigenvalue weighted by Gasteiger charge is 2.14. The van der Waals surface area contributed by atoms with Gasteiger partial charge in [-0.3, -0.25) is 4.79 Å². The lowest BCUT2D eigenvalue weighted by molar-refractivity contribution is -0.111. The molecule has 7 heteroatoms. The predicted molar refractivity (Wildman–Crippen MR) is 96.3 cm³/mol. The van der Waals surface area contributed by atoms with Gasteiger partial charge in [-0.25, -0.2) is 0 Å². The van der Waals surface area contributed by atoms with Crippen molar-refractivity contribution in [1.82, 2.24) is 0 Å². The lowest BCUT2D eigenvalue weighted by Gasteiger charge is -2.12. The molecule has 0 saturated carbocycles. The van der Waals surface area contributed by atoms with Crippen molar-refractivity contribution in [2.24, 2.45) is 0 Å². The van der Waals surface area contributed by atoms with E-state index in [9.17, 15) is 4.79 Å². The van der Waals surface area contributed by atoms with E-state index in [4.69, 9.17) is 23.7 Å². The summed E-state index contributed by atoms with van der Waals surface area (Å²) >= 11 is 0. The largest absolute Gasteiger partial charge is 0.493 e. The number of nitrogens with one attached hydrogen (secondary N) is 1. The van der Waals surface area contributed by atoms with Gasteiger partial charge in [0.25, 0.3) is 0 Å². The molecule has 2 aromatic carbocycles. The Hall–Kier alpha value is -3.35. The van der Waals surface area contributed by atoms with E-state index in [2.05, 4.69) is 5.32 Å². The number of ether oxygens (including phenoxy) is 5. The van der Waals surface area contributed by atoms with Gasteiger partial charge in [-0.1, -0.05) is 0 Å². The summed E-state index contributed by atoms with van der Waals surface area (Å²) in [6, 6.07) is 8.73. The Kier molecular flexibility index (Phi) is 5.17. The zero-order valence-electron chi connectivity index (χ0n) is 14.7. The average molecular weight is 357 g/mol. The Balaban J connectivity index is 1.73. The van der Waals surface area contributed by atoms with Crippen LogP contribution < -0.4 is 29.0 Å². The quantitative estimate of drug-likeness (QED) is 0.801. The second kappa shape index (κ2) is 7.69. The smallest absolute Gasteiger partial charge is 0.248 e. The van der Waals surface area contributed by atoms with Gasteiger partial charge >= 0.3 is 0 Å². The van der Waals surface area contributed by atoms with Crippen LogP contribution in [0.3, 0.4) is 0 Å². The number of anilines is 1. The standard InChI is InChI=1S/C19H19NO6/c1-22-16-8-12(9-17(23-2)19(16)24-3)4-7-18(21)20-13-5-6-14-15(10-13)26-11-25-14/h4-10H,11H2,1-3H3,(H,20,21)/b7-4+. The fraction of sp³-hybridized carbons (Fsp3) is 0.211. The van der Waals surface area contributed by atoms with E-state index in [1.54, 1.807) is 36.4 Å². The molecular weight excluding hydrogens is 338 g/mol. The molecule has 0 radical (unpaired) electrons. The number of carbonyl (C=O) groups is 1. The molecule has 0 atom stereocenters. The molecule has 0 fully saturated rings. The lowest BCUT2D eigenvalue weighted by atomic mass is 10.1. The maximum Gasteiger partial charge on any atom is 0.248 e. The molecule has 2 aromatic rings. The van der Waals surface area contributed by atoms with Crippen LogP contribution in [0, 0.1) is 0 Å². The van der Waals surface area contributed by atoms with Gasteiger partial charge < -0.3 is 29.0 Å². The first-order valence-electron chi connectivity index (χ1n) is 7.83. The zero-order chi connectivity index (χ0) is 18.5. The number of hydrogen-bond donors (Lipinski definition) is 1. The van der Waals surface area contributed by atoms with Crippen LogP contribution in [0.2, 0.25) is 0 Å². The first-order valence-corrected chi connectivity index (χ1v) is 7.83. The fourth-order valence-corrected chi connectivity index (χ4v) is 2.53. The Morgan fingerprint density at radius 2 is 1.69 bits per heavy atom. The number of methoxy groups -OCH3 is 3. The van der Waals surface area contributed by atoms with Gasteiger partial charge in [0.1, 0.15) is 0 Å². The van der Waals surface area contributed by atoms with Crippen LogP contribution in [0.15, 0.2) is 36.4 Å².